The van der Waals surface area contributed by atoms with Gasteiger partial charge in [0.05, 0.1) is 11.3 Å². The van der Waals surface area contributed by atoms with E-state index in [9.17, 15) is 4.79 Å². The first kappa shape index (κ1) is 17.7. The summed E-state index contributed by atoms with van der Waals surface area (Å²) in [5.74, 6) is 1.27. The summed E-state index contributed by atoms with van der Waals surface area (Å²) in [6.45, 7) is 4.07. The van der Waals surface area contributed by atoms with Crippen molar-refractivity contribution in [3.05, 3.63) is 60.3 Å². The van der Waals surface area contributed by atoms with Gasteiger partial charge in [0.25, 0.3) is 5.91 Å². The molecule has 6 nitrogen and oxygen atoms in total. The van der Waals surface area contributed by atoms with Crippen molar-refractivity contribution in [2.24, 2.45) is 0 Å². The Morgan fingerprint density at radius 1 is 1.12 bits per heavy atom. The lowest BCUT2D eigenvalue weighted by molar-refractivity contribution is 0.102. The van der Waals surface area contributed by atoms with E-state index in [-0.39, 0.29) is 11.9 Å². The molecule has 0 atom stereocenters. The van der Waals surface area contributed by atoms with Gasteiger partial charge in [0, 0.05) is 38.0 Å². The van der Waals surface area contributed by atoms with Crippen molar-refractivity contribution in [3.63, 3.8) is 0 Å². The Morgan fingerprint density at radius 3 is 2.42 bits per heavy atom. The van der Waals surface area contributed by atoms with Gasteiger partial charge in [-0.2, -0.15) is 5.10 Å². The number of nitrogens with zero attached hydrogens (tertiary/aromatic N) is 4. The number of hydrogen-bond acceptors (Lipinski definition) is 4. The van der Waals surface area contributed by atoms with Gasteiger partial charge in [0.15, 0.2) is 0 Å². The molecule has 0 spiro atoms. The molecular weight excluding hydrogens is 326 g/mol. The van der Waals surface area contributed by atoms with Crippen LogP contribution in [0, 0.1) is 0 Å². The molecule has 1 N–H and O–H groups in total. The summed E-state index contributed by atoms with van der Waals surface area (Å²) in [6.07, 6.45) is 1.58. The lowest BCUT2D eigenvalue weighted by Gasteiger charge is -2.13. The van der Waals surface area contributed by atoms with E-state index in [0.29, 0.717) is 11.4 Å². The van der Waals surface area contributed by atoms with Crippen LogP contribution in [0.15, 0.2) is 54.7 Å². The molecule has 134 valence electrons. The predicted octanol–water partition coefficient (Wildman–Crippen LogP) is 3.84. The topological polar surface area (TPSA) is 63.1 Å². The highest BCUT2D eigenvalue weighted by molar-refractivity contribution is 6.04. The maximum atomic E-state index is 12.6. The smallest absolute Gasteiger partial charge is 0.258 e. The van der Waals surface area contributed by atoms with E-state index in [1.54, 1.807) is 12.3 Å². The highest BCUT2D eigenvalue weighted by Gasteiger charge is 2.15. The largest absolute Gasteiger partial charge is 0.363 e. The van der Waals surface area contributed by atoms with Crippen LogP contribution in [0.5, 0.6) is 0 Å². The predicted molar refractivity (Wildman–Crippen MR) is 105 cm³/mol. The summed E-state index contributed by atoms with van der Waals surface area (Å²) in [4.78, 5) is 18.8. The van der Waals surface area contributed by atoms with Crippen molar-refractivity contribution in [3.8, 4) is 11.3 Å². The Balaban J connectivity index is 1.86. The summed E-state index contributed by atoms with van der Waals surface area (Å²) < 4.78 is 1.82. The lowest BCUT2D eigenvalue weighted by atomic mass is 10.1. The van der Waals surface area contributed by atoms with Gasteiger partial charge in [-0.15, -0.1) is 0 Å². The molecule has 3 aromatic rings. The molecule has 2 aromatic heterocycles. The molecule has 0 saturated heterocycles. The highest BCUT2D eigenvalue weighted by Crippen LogP contribution is 2.24. The zero-order valence-corrected chi connectivity index (χ0v) is 15.5. The Morgan fingerprint density at radius 2 is 1.85 bits per heavy atom. The molecule has 1 amide bonds. The number of carbonyl (C=O) groups is 1. The molecule has 0 radical (unpaired) electrons. The van der Waals surface area contributed by atoms with Gasteiger partial charge in [-0.3, -0.25) is 4.79 Å². The lowest BCUT2D eigenvalue weighted by Crippen LogP contribution is -2.17. The molecule has 0 saturated carbocycles. The summed E-state index contributed by atoms with van der Waals surface area (Å²) in [6, 6.07) is 15.5. The van der Waals surface area contributed by atoms with Crippen LogP contribution in [0.4, 0.5) is 11.6 Å². The molecule has 0 unspecified atom stereocenters. The molecule has 1 aromatic carbocycles. The monoisotopic (exact) mass is 349 g/mol. The Hall–Kier alpha value is -3.15. The zero-order chi connectivity index (χ0) is 18.7. The Labute approximate surface area is 153 Å². The number of benzene rings is 1. The molecular formula is C20H23N5O. The molecule has 0 fully saturated rings. The number of nitrogens with one attached hydrogen (secondary N) is 1. The van der Waals surface area contributed by atoms with Gasteiger partial charge in [-0.1, -0.05) is 30.3 Å². The van der Waals surface area contributed by atoms with Gasteiger partial charge >= 0.3 is 0 Å². The highest BCUT2D eigenvalue weighted by atomic mass is 16.1. The quantitative estimate of drug-likeness (QED) is 0.760. The van der Waals surface area contributed by atoms with Crippen molar-refractivity contribution in [2.75, 3.05) is 24.3 Å². The SMILES string of the molecule is CC(C)n1nc(-c2ccccc2)cc1NC(=O)c1ccc(N(C)C)nc1. The van der Waals surface area contributed by atoms with Crippen LogP contribution in [0.1, 0.15) is 30.2 Å². The molecule has 3 rings (SSSR count). The van der Waals surface area contributed by atoms with Gasteiger partial charge in [-0.25, -0.2) is 9.67 Å². The molecule has 0 bridgehead atoms. The van der Waals surface area contributed by atoms with Crippen molar-refractivity contribution >= 4 is 17.5 Å². The fourth-order valence-electron chi connectivity index (χ4n) is 2.60. The third-order valence-corrected chi connectivity index (χ3v) is 4.00. The first-order valence-electron chi connectivity index (χ1n) is 8.55. The molecule has 0 aliphatic heterocycles. The number of anilines is 2. The summed E-state index contributed by atoms with van der Waals surface area (Å²) >= 11 is 0. The van der Waals surface area contributed by atoms with Crippen LogP contribution in [-0.4, -0.2) is 34.8 Å². The normalized spacial score (nSPS) is 10.8. The molecule has 26 heavy (non-hydrogen) atoms. The number of pyridine rings is 1. The van der Waals surface area contributed by atoms with Crippen molar-refractivity contribution in [1.29, 1.82) is 0 Å². The number of hydrogen-bond donors (Lipinski definition) is 1. The van der Waals surface area contributed by atoms with E-state index in [2.05, 4.69) is 15.4 Å². The first-order valence-corrected chi connectivity index (χ1v) is 8.55. The number of amides is 1. The number of rotatable bonds is 5. The van der Waals surface area contributed by atoms with E-state index in [1.807, 2.05) is 80.0 Å². The van der Waals surface area contributed by atoms with Crippen molar-refractivity contribution in [1.82, 2.24) is 14.8 Å². The van der Waals surface area contributed by atoms with Crippen molar-refractivity contribution in [2.45, 2.75) is 19.9 Å². The first-order chi connectivity index (χ1) is 12.5. The Kier molecular flexibility index (Phi) is 5.02. The van der Waals surface area contributed by atoms with Gasteiger partial charge < -0.3 is 10.2 Å². The van der Waals surface area contributed by atoms with Gasteiger partial charge in [0.2, 0.25) is 0 Å². The van der Waals surface area contributed by atoms with Crippen LogP contribution in [0.2, 0.25) is 0 Å². The fraction of sp³-hybridized carbons (Fsp3) is 0.250. The molecule has 2 heterocycles. The number of aromatic nitrogens is 3. The van der Waals surface area contributed by atoms with E-state index in [4.69, 9.17) is 0 Å². The Bertz CT molecular complexity index is 882. The van der Waals surface area contributed by atoms with E-state index in [1.165, 1.54) is 0 Å². The standard InChI is InChI=1S/C20H23N5O/c1-14(2)25-19(12-17(23-25)15-8-6-5-7-9-15)22-20(26)16-10-11-18(21-13-16)24(3)4/h5-14H,1-4H3,(H,22,26). The van der Waals surface area contributed by atoms with Crippen LogP contribution < -0.4 is 10.2 Å². The van der Waals surface area contributed by atoms with Gasteiger partial charge in [0.1, 0.15) is 11.6 Å². The summed E-state index contributed by atoms with van der Waals surface area (Å²) in [7, 11) is 3.82. The maximum Gasteiger partial charge on any atom is 0.258 e. The average molecular weight is 349 g/mol. The third kappa shape index (κ3) is 3.74. The summed E-state index contributed by atoms with van der Waals surface area (Å²) in [5, 5.41) is 7.60. The van der Waals surface area contributed by atoms with Gasteiger partial charge in [-0.05, 0) is 26.0 Å². The molecule has 0 aliphatic rings. The molecule has 0 aliphatic carbocycles. The second-order valence-electron chi connectivity index (χ2n) is 6.57. The van der Waals surface area contributed by atoms with Crippen LogP contribution in [0.25, 0.3) is 11.3 Å². The second kappa shape index (κ2) is 7.39. The molecule has 6 heteroatoms. The third-order valence-electron chi connectivity index (χ3n) is 4.00. The number of carbonyl (C=O) groups excluding carboxylic acids is 1. The van der Waals surface area contributed by atoms with Crippen LogP contribution in [-0.2, 0) is 0 Å². The minimum absolute atomic E-state index is 0.122. The van der Waals surface area contributed by atoms with Crippen molar-refractivity contribution < 1.29 is 4.79 Å². The van der Waals surface area contributed by atoms with E-state index >= 15 is 0 Å². The van der Waals surface area contributed by atoms with Crippen LogP contribution in [0.3, 0.4) is 0 Å². The summed E-state index contributed by atoms with van der Waals surface area (Å²) in [5.41, 5.74) is 2.35. The van der Waals surface area contributed by atoms with E-state index in [0.717, 1.165) is 17.1 Å². The fourth-order valence-corrected chi connectivity index (χ4v) is 2.60. The van der Waals surface area contributed by atoms with E-state index < -0.39 is 0 Å². The maximum absolute atomic E-state index is 12.6. The zero-order valence-electron chi connectivity index (χ0n) is 15.5. The minimum atomic E-state index is -0.204. The second-order valence-corrected chi connectivity index (χ2v) is 6.57. The minimum Gasteiger partial charge on any atom is -0.363 e. The average Bonchev–Trinajstić information content (AvgIpc) is 3.06. The van der Waals surface area contributed by atoms with Crippen LogP contribution >= 0.6 is 0 Å².